The van der Waals surface area contributed by atoms with Crippen LogP contribution >= 0.6 is 0 Å². The third kappa shape index (κ3) is 5.79. The van der Waals surface area contributed by atoms with Gasteiger partial charge < -0.3 is 10.2 Å². The van der Waals surface area contributed by atoms with Crippen LogP contribution in [0.3, 0.4) is 0 Å². The smallest absolute Gasteiger partial charge is 0.312 e. The maximum Gasteiger partial charge on any atom is 0.312 e. The van der Waals surface area contributed by atoms with Gasteiger partial charge in [0.25, 0.3) is 0 Å². The summed E-state index contributed by atoms with van der Waals surface area (Å²) in [5, 5.41) is 21.7. The van der Waals surface area contributed by atoms with Crippen molar-refractivity contribution in [2.75, 3.05) is 0 Å². The van der Waals surface area contributed by atoms with Crippen molar-refractivity contribution in [1.82, 2.24) is 4.72 Å². The first-order valence-corrected chi connectivity index (χ1v) is 14.2. The van der Waals surface area contributed by atoms with E-state index in [1.54, 1.807) is 31.2 Å². The van der Waals surface area contributed by atoms with Crippen LogP contribution in [0.4, 0.5) is 0 Å². The normalized spacial score (nSPS) is 19.6. The van der Waals surface area contributed by atoms with E-state index in [0.717, 1.165) is 29.5 Å². The maximum atomic E-state index is 13.3. The Hall–Kier alpha value is -3.00. The molecule has 3 aromatic carbocycles. The van der Waals surface area contributed by atoms with Gasteiger partial charge in [-0.05, 0) is 68.4 Å². The van der Waals surface area contributed by atoms with Crippen LogP contribution in [0, 0.1) is 18.3 Å². The molecule has 0 unspecified atom stereocenters. The zero-order valence-corrected chi connectivity index (χ0v) is 22.1. The van der Waals surface area contributed by atoms with E-state index in [2.05, 4.69) is 16.9 Å². The first kappa shape index (κ1) is 27.0. The number of unbranched alkanes of at least 4 members (excludes halogenated alkanes) is 1. The number of aliphatic hydroxyl groups excluding tert-OH is 1. The number of aryl methyl sites for hydroxylation is 2. The van der Waals surface area contributed by atoms with Crippen LogP contribution in [-0.4, -0.2) is 30.7 Å². The highest BCUT2D eigenvalue weighted by Gasteiger charge is 2.53. The molecular weight excluding hydrogens is 486 g/mol. The summed E-state index contributed by atoms with van der Waals surface area (Å²) >= 11 is 0. The van der Waals surface area contributed by atoms with Crippen LogP contribution in [0.1, 0.15) is 54.5 Å². The van der Waals surface area contributed by atoms with Gasteiger partial charge in [0.2, 0.25) is 10.0 Å². The topological polar surface area (TPSA) is 104 Å². The minimum absolute atomic E-state index is 0.125. The number of sulfonamides is 1. The van der Waals surface area contributed by atoms with Crippen LogP contribution in [0.15, 0.2) is 83.8 Å². The SMILES string of the molecule is Cc1ccc(S(=O)(=O)N[C@@H]2c3ccccc3C[C@@H]2[C@](C)(C(=O)O)[C@@H](O)CCCCc2ccccc2)cc1. The van der Waals surface area contributed by atoms with Gasteiger partial charge in [0.05, 0.1) is 22.5 Å². The Balaban J connectivity index is 1.57. The molecule has 1 aliphatic carbocycles. The van der Waals surface area contributed by atoms with Gasteiger partial charge in [-0.2, -0.15) is 0 Å². The number of carboxylic acids is 1. The maximum absolute atomic E-state index is 13.3. The first-order chi connectivity index (χ1) is 17.6. The zero-order valence-electron chi connectivity index (χ0n) is 21.3. The summed E-state index contributed by atoms with van der Waals surface area (Å²) in [6, 6.07) is 23.3. The average molecular weight is 522 g/mol. The molecule has 196 valence electrons. The summed E-state index contributed by atoms with van der Waals surface area (Å²) in [6.45, 7) is 3.44. The fourth-order valence-electron chi connectivity index (χ4n) is 5.41. The third-order valence-electron chi connectivity index (χ3n) is 7.80. The minimum atomic E-state index is -3.92. The van der Waals surface area contributed by atoms with Gasteiger partial charge in [-0.15, -0.1) is 0 Å². The molecule has 3 aromatic rings. The zero-order chi connectivity index (χ0) is 26.6. The molecule has 4 rings (SSSR count). The molecule has 37 heavy (non-hydrogen) atoms. The van der Waals surface area contributed by atoms with Crippen molar-refractivity contribution in [2.24, 2.45) is 11.3 Å². The predicted molar refractivity (Wildman–Crippen MR) is 144 cm³/mol. The summed E-state index contributed by atoms with van der Waals surface area (Å²) in [4.78, 5) is 12.9. The lowest BCUT2D eigenvalue weighted by atomic mass is 9.68. The number of benzene rings is 3. The Morgan fingerprint density at radius 3 is 2.32 bits per heavy atom. The summed E-state index contributed by atoms with van der Waals surface area (Å²) in [5.41, 5.74) is 2.25. The Bertz CT molecular complexity index is 1320. The molecule has 0 amide bonds. The van der Waals surface area contributed by atoms with Crippen LogP contribution in [-0.2, 0) is 27.7 Å². The van der Waals surface area contributed by atoms with Crippen molar-refractivity contribution >= 4 is 16.0 Å². The van der Waals surface area contributed by atoms with E-state index in [9.17, 15) is 23.4 Å². The lowest BCUT2D eigenvalue weighted by Gasteiger charge is -2.39. The van der Waals surface area contributed by atoms with Gasteiger partial charge in [-0.1, -0.05) is 78.7 Å². The lowest BCUT2D eigenvalue weighted by molar-refractivity contribution is -0.162. The van der Waals surface area contributed by atoms with E-state index in [1.165, 1.54) is 5.56 Å². The molecule has 6 nitrogen and oxygen atoms in total. The molecule has 7 heteroatoms. The van der Waals surface area contributed by atoms with Crippen LogP contribution in [0.25, 0.3) is 0 Å². The van der Waals surface area contributed by atoms with Gasteiger partial charge in [0.15, 0.2) is 0 Å². The average Bonchev–Trinajstić information content (AvgIpc) is 3.24. The molecule has 0 bridgehead atoms. The van der Waals surface area contributed by atoms with Gasteiger partial charge in [0, 0.05) is 5.92 Å². The molecule has 0 radical (unpaired) electrons. The van der Waals surface area contributed by atoms with Crippen molar-refractivity contribution in [3.05, 3.63) is 101 Å². The highest BCUT2D eigenvalue weighted by molar-refractivity contribution is 7.89. The van der Waals surface area contributed by atoms with Gasteiger partial charge >= 0.3 is 5.97 Å². The highest BCUT2D eigenvalue weighted by atomic mass is 32.2. The van der Waals surface area contributed by atoms with Crippen LogP contribution < -0.4 is 4.72 Å². The third-order valence-corrected chi connectivity index (χ3v) is 9.26. The molecule has 0 saturated carbocycles. The fraction of sp³-hybridized carbons (Fsp3) is 0.367. The monoisotopic (exact) mass is 521 g/mol. The van der Waals surface area contributed by atoms with Crippen LogP contribution in [0.5, 0.6) is 0 Å². The van der Waals surface area contributed by atoms with E-state index >= 15 is 0 Å². The lowest BCUT2D eigenvalue weighted by Crippen LogP contribution is -2.50. The number of aliphatic carboxylic acids is 1. The quantitative estimate of drug-likeness (QED) is 0.306. The summed E-state index contributed by atoms with van der Waals surface area (Å²) in [6.07, 6.45) is 1.89. The minimum Gasteiger partial charge on any atom is -0.481 e. The van der Waals surface area contributed by atoms with Crippen LogP contribution in [0.2, 0.25) is 0 Å². The van der Waals surface area contributed by atoms with Crippen molar-refractivity contribution < 1.29 is 23.4 Å². The van der Waals surface area contributed by atoms with Gasteiger partial charge in [-0.3, -0.25) is 4.79 Å². The first-order valence-electron chi connectivity index (χ1n) is 12.7. The van der Waals surface area contributed by atoms with E-state index < -0.39 is 39.5 Å². The standard InChI is InChI=1S/C30H35NO5S/c1-21-16-18-24(19-17-21)37(35,36)31-28-25-14-8-7-13-23(25)20-26(28)30(2,29(33)34)27(32)15-9-6-12-22-10-4-3-5-11-22/h3-5,7-8,10-11,13-14,16-19,26-28,31-32H,6,9,12,15,20H2,1-2H3,(H,33,34)/t26-,27-,28+,30-/m0/s1. The molecule has 0 saturated heterocycles. The van der Waals surface area contributed by atoms with Gasteiger partial charge in [-0.25, -0.2) is 13.1 Å². The Kier molecular flexibility index (Phi) is 8.17. The highest BCUT2D eigenvalue weighted by Crippen LogP contribution is 2.49. The van der Waals surface area contributed by atoms with Gasteiger partial charge in [0.1, 0.15) is 0 Å². The molecule has 4 atom stereocenters. The second kappa shape index (κ2) is 11.2. The second-order valence-corrected chi connectivity index (χ2v) is 12.0. The second-order valence-electron chi connectivity index (χ2n) is 10.3. The molecule has 0 aliphatic heterocycles. The number of hydrogen-bond donors (Lipinski definition) is 3. The molecule has 0 fully saturated rings. The van der Waals surface area contributed by atoms with Crippen molar-refractivity contribution in [3.8, 4) is 0 Å². The van der Waals surface area contributed by atoms with E-state index in [-0.39, 0.29) is 4.90 Å². The number of carbonyl (C=O) groups is 1. The Labute approximate surface area is 219 Å². The largest absolute Gasteiger partial charge is 0.481 e. The number of fused-ring (bicyclic) bond motifs is 1. The van der Waals surface area contributed by atoms with Crippen molar-refractivity contribution in [2.45, 2.75) is 63.0 Å². The summed E-state index contributed by atoms with van der Waals surface area (Å²) in [7, 11) is -3.92. The number of hydrogen-bond acceptors (Lipinski definition) is 4. The molecule has 3 N–H and O–H groups in total. The van der Waals surface area contributed by atoms with Crippen molar-refractivity contribution in [1.29, 1.82) is 0 Å². The molecule has 0 heterocycles. The number of aliphatic hydroxyl groups is 1. The fourth-order valence-corrected chi connectivity index (χ4v) is 6.67. The predicted octanol–water partition coefficient (Wildman–Crippen LogP) is 5.05. The number of carboxylic acid groups (broad SMARTS) is 1. The Morgan fingerprint density at radius 1 is 1.00 bits per heavy atom. The molecule has 1 aliphatic rings. The summed E-state index contributed by atoms with van der Waals surface area (Å²) < 4.78 is 29.5. The number of rotatable bonds is 11. The molecular formula is C30H35NO5S. The molecule has 0 spiro atoms. The van der Waals surface area contributed by atoms with Crippen molar-refractivity contribution in [3.63, 3.8) is 0 Å². The van der Waals surface area contributed by atoms with E-state index in [1.807, 2.05) is 49.4 Å². The Morgan fingerprint density at radius 2 is 1.65 bits per heavy atom. The molecule has 0 aromatic heterocycles. The van der Waals surface area contributed by atoms with E-state index in [0.29, 0.717) is 19.3 Å². The summed E-state index contributed by atoms with van der Waals surface area (Å²) in [5.74, 6) is -1.79. The number of nitrogens with one attached hydrogen (secondary N) is 1. The van der Waals surface area contributed by atoms with E-state index in [4.69, 9.17) is 0 Å².